The van der Waals surface area contributed by atoms with Gasteiger partial charge in [0.2, 0.25) is 5.91 Å². The first-order valence-electron chi connectivity index (χ1n) is 7.54. The van der Waals surface area contributed by atoms with Gasteiger partial charge in [0, 0.05) is 37.1 Å². The Labute approximate surface area is 132 Å². The molecule has 0 amide bonds. The highest BCUT2D eigenvalue weighted by molar-refractivity contribution is 5.81. The predicted molar refractivity (Wildman–Crippen MR) is 81.4 cm³/mol. The SMILES string of the molecule is O=C(C1CCN(c2cccc(C(F)(F)F)c2)CC1)n1cccc1. The number of carbonyl (C=O) groups is 1. The van der Waals surface area contributed by atoms with Crippen LogP contribution >= 0.6 is 0 Å². The lowest BCUT2D eigenvalue weighted by molar-refractivity contribution is -0.137. The quantitative estimate of drug-likeness (QED) is 0.833. The van der Waals surface area contributed by atoms with Gasteiger partial charge in [-0.25, -0.2) is 0 Å². The van der Waals surface area contributed by atoms with E-state index in [1.807, 2.05) is 4.90 Å². The van der Waals surface area contributed by atoms with E-state index in [0.29, 0.717) is 31.6 Å². The summed E-state index contributed by atoms with van der Waals surface area (Å²) in [4.78, 5) is 14.2. The minimum Gasteiger partial charge on any atom is -0.371 e. The van der Waals surface area contributed by atoms with Gasteiger partial charge in [-0.1, -0.05) is 6.07 Å². The number of piperidine rings is 1. The van der Waals surface area contributed by atoms with Crippen LogP contribution in [0.3, 0.4) is 0 Å². The molecule has 0 bridgehead atoms. The minimum absolute atomic E-state index is 0.0543. The van der Waals surface area contributed by atoms with Gasteiger partial charge in [0.1, 0.15) is 0 Å². The Morgan fingerprint density at radius 3 is 2.30 bits per heavy atom. The molecule has 1 aliphatic heterocycles. The Kier molecular flexibility index (Phi) is 4.15. The van der Waals surface area contributed by atoms with E-state index in [1.165, 1.54) is 12.1 Å². The summed E-state index contributed by atoms with van der Waals surface area (Å²) in [6.45, 7) is 1.16. The van der Waals surface area contributed by atoms with Crippen LogP contribution in [0, 0.1) is 5.92 Å². The zero-order valence-corrected chi connectivity index (χ0v) is 12.5. The van der Waals surface area contributed by atoms with E-state index in [0.717, 1.165) is 6.07 Å². The van der Waals surface area contributed by atoms with Crippen molar-refractivity contribution in [1.82, 2.24) is 4.57 Å². The van der Waals surface area contributed by atoms with E-state index < -0.39 is 11.7 Å². The van der Waals surface area contributed by atoms with E-state index in [9.17, 15) is 18.0 Å². The summed E-state index contributed by atoms with van der Waals surface area (Å²) in [5, 5.41) is 0. The summed E-state index contributed by atoms with van der Waals surface area (Å²) >= 11 is 0. The normalized spacial score (nSPS) is 16.6. The molecule has 23 heavy (non-hydrogen) atoms. The molecule has 0 N–H and O–H groups in total. The molecule has 0 radical (unpaired) electrons. The molecular weight excluding hydrogens is 305 g/mol. The van der Waals surface area contributed by atoms with Crippen LogP contribution in [0.5, 0.6) is 0 Å². The van der Waals surface area contributed by atoms with Crippen molar-refractivity contribution < 1.29 is 18.0 Å². The summed E-state index contributed by atoms with van der Waals surface area (Å²) < 4.78 is 40.0. The van der Waals surface area contributed by atoms with Crippen molar-refractivity contribution in [3.05, 3.63) is 54.4 Å². The zero-order chi connectivity index (χ0) is 16.4. The monoisotopic (exact) mass is 322 g/mol. The molecule has 0 atom stereocenters. The molecular formula is C17H17F3N2O. The number of benzene rings is 1. The molecule has 1 aliphatic rings. The van der Waals surface area contributed by atoms with Gasteiger partial charge in [0.15, 0.2) is 0 Å². The van der Waals surface area contributed by atoms with Gasteiger partial charge in [-0.3, -0.25) is 9.36 Å². The molecule has 0 unspecified atom stereocenters. The van der Waals surface area contributed by atoms with Crippen molar-refractivity contribution in [2.24, 2.45) is 5.92 Å². The maximum absolute atomic E-state index is 12.8. The summed E-state index contributed by atoms with van der Waals surface area (Å²) in [5.74, 6) is -0.0249. The molecule has 2 heterocycles. The van der Waals surface area contributed by atoms with E-state index in [4.69, 9.17) is 0 Å². The lowest BCUT2D eigenvalue weighted by Gasteiger charge is -2.33. The Balaban J connectivity index is 1.66. The number of anilines is 1. The smallest absolute Gasteiger partial charge is 0.371 e. The van der Waals surface area contributed by atoms with Crippen LogP contribution < -0.4 is 4.90 Å². The molecule has 0 aliphatic carbocycles. The third-order valence-electron chi connectivity index (χ3n) is 4.24. The first-order valence-corrected chi connectivity index (χ1v) is 7.54. The van der Waals surface area contributed by atoms with Gasteiger partial charge in [-0.15, -0.1) is 0 Å². The average Bonchev–Trinajstić information content (AvgIpc) is 3.08. The second-order valence-electron chi connectivity index (χ2n) is 5.74. The van der Waals surface area contributed by atoms with Crippen LogP contribution in [-0.4, -0.2) is 23.6 Å². The third-order valence-corrected chi connectivity index (χ3v) is 4.24. The highest BCUT2D eigenvalue weighted by Gasteiger charge is 2.31. The maximum atomic E-state index is 12.8. The summed E-state index contributed by atoms with van der Waals surface area (Å²) in [7, 11) is 0. The molecule has 1 aromatic heterocycles. The molecule has 3 nitrogen and oxygen atoms in total. The number of nitrogens with zero attached hydrogens (tertiary/aromatic N) is 2. The summed E-state index contributed by atoms with van der Waals surface area (Å²) in [6, 6.07) is 8.96. The highest BCUT2D eigenvalue weighted by atomic mass is 19.4. The van der Waals surface area contributed by atoms with Crippen LogP contribution in [0.4, 0.5) is 18.9 Å². The molecule has 1 aromatic carbocycles. The van der Waals surface area contributed by atoms with Crippen LogP contribution in [0.25, 0.3) is 0 Å². The van der Waals surface area contributed by atoms with Crippen molar-refractivity contribution in [2.75, 3.05) is 18.0 Å². The summed E-state index contributed by atoms with van der Waals surface area (Å²) in [5.41, 5.74) is -0.0766. The van der Waals surface area contributed by atoms with E-state index in [1.54, 1.807) is 35.2 Å². The van der Waals surface area contributed by atoms with Gasteiger partial charge >= 0.3 is 6.18 Å². The Hall–Kier alpha value is -2.24. The van der Waals surface area contributed by atoms with Crippen molar-refractivity contribution in [3.63, 3.8) is 0 Å². The molecule has 1 fully saturated rings. The standard InChI is InChI=1S/C17H17F3N2O/c18-17(19,20)14-4-3-5-15(12-14)21-10-6-13(7-11-21)16(23)22-8-1-2-9-22/h1-5,8-9,12-13H,6-7,10-11H2. The topological polar surface area (TPSA) is 25.2 Å². The number of alkyl halides is 3. The van der Waals surface area contributed by atoms with Crippen molar-refractivity contribution in [2.45, 2.75) is 19.0 Å². The molecule has 0 spiro atoms. The lowest BCUT2D eigenvalue weighted by atomic mass is 9.95. The lowest BCUT2D eigenvalue weighted by Crippen LogP contribution is -2.37. The van der Waals surface area contributed by atoms with E-state index in [-0.39, 0.29) is 11.8 Å². The molecule has 1 saturated heterocycles. The van der Waals surface area contributed by atoms with Crippen LogP contribution in [0.2, 0.25) is 0 Å². The van der Waals surface area contributed by atoms with Crippen LogP contribution in [0.15, 0.2) is 48.8 Å². The van der Waals surface area contributed by atoms with Gasteiger partial charge in [0.05, 0.1) is 5.56 Å². The van der Waals surface area contributed by atoms with Crippen LogP contribution in [-0.2, 0) is 6.18 Å². The van der Waals surface area contributed by atoms with E-state index >= 15 is 0 Å². The third kappa shape index (κ3) is 3.41. The highest BCUT2D eigenvalue weighted by Crippen LogP contribution is 2.32. The van der Waals surface area contributed by atoms with Gasteiger partial charge in [-0.2, -0.15) is 13.2 Å². The fourth-order valence-corrected chi connectivity index (χ4v) is 2.96. The number of rotatable bonds is 2. The Bertz CT molecular complexity index is 671. The number of hydrogen-bond donors (Lipinski definition) is 0. The maximum Gasteiger partial charge on any atom is 0.416 e. The number of carbonyl (C=O) groups excluding carboxylic acids is 1. The van der Waals surface area contributed by atoms with Gasteiger partial charge < -0.3 is 4.90 Å². The van der Waals surface area contributed by atoms with Crippen LogP contribution in [0.1, 0.15) is 23.2 Å². The van der Waals surface area contributed by atoms with Crippen molar-refractivity contribution in [1.29, 1.82) is 0 Å². The average molecular weight is 322 g/mol. The van der Waals surface area contributed by atoms with Crippen molar-refractivity contribution in [3.8, 4) is 0 Å². The zero-order valence-electron chi connectivity index (χ0n) is 12.5. The molecule has 122 valence electrons. The Morgan fingerprint density at radius 2 is 1.70 bits per heavy atom. The number of halogens is 3. The largest absolute Gasteiger partial charge is 0.416 e. The number of hydrogen-bond acceptors (Lipinski definition) is 2. The second-order valence-corrected chi connectivity index (χ2v) is 5.74. The Morgan fingerprint density at radius 1 is 1.04 bits per heavy atom. The molecule has 0 saturated carbocycles. The second kappa shape index (κ2) is 6.10. The first-order chi connectivity index (χ1) is 10.9. The predicted octanol–water partition coefficient (Wildman–Crippen LogP) is 4.06. The molecule has 6 heteroatoms. The minimum atomic E-state index is -4.33. The fourth-order valence-electron chi connectivity index (χ4n) is 2.96. The van der Waals surface area contributed by atoms with Crippen molar-refractivity contribution >= 4 is 11.6 Å². The summed E-state index contributed by atoms with van der Waals surface area (Å²) in [6.07, 6.45) is 0.405. The molecule has 2 aromatic rings. The molecule has 3 rings (SSSR count). The van der Waals surface area contributed by atoms with Gasteiger partial charge in [-0.05, 0) is 43.2 Å². The van der Waals surface area contributed by atoms with Gasteiger partial charge in [0.25, 0.3) is 0 Å². The van der Waals surface area contributed by atoms with E-state index in [2.05, 4.69) is 0 Å². The first kappa shape index (κ1) is 15.6. The number of aromatic nitrogens is 1. The fraction of sp³-hybridized carbons (Fsp3) is 0.353.